The number of anilines is 1. The van der Waals surface area contributed by atoms with Gasteiger partial charge in [-0.2, -0.15) is 4.98 Å². The van der Waals surface area contributed by atoms with Crippen LogP contribution in [0.15, 0.2) is 41.1 Å². The molecule has 1 N–H and O–H groups in total. The van der Waals surface area contributed by atoms with E-state index < -0.39 is 6.10 Å². The molecule has 126 valence electrons. The molecule has 0 aliphatic rings. The van der Waals surface area contributed by atoms with E-state index in [0.29, 0.717) is 36.0 Å². The number of rotatable bonds is 7. The molecule has 2 heterocycles. The number of benzene rings is 1. The van der Waals surface area contributed by atoms with Crippen LogP contribution in [0.5, 0.6) is 5.75 Å². The molecule has 3 aromatic rings. The van der Waals surface area contributed by atoms with E-state index >= 15 is 0 Å². The molecule has 1 atom stereocenters. The molecule has 2 aromatic heterocycles. The van der Waals surface area contributed by atoms with Crippen molar-refractivity contribution in [2.75, 3.05) is 24.6 Å². The molecule has 0 amide bonds. The van der Waals surface area contributed by atoms with Gasteiger partial charge in [0.15, 0.2) is 17.2 Å². The fraction of sp³-hybridized carbons (Fsp3) is 0.353. The van der Waals surface area contributed by atoms with Gasteiger partial charge in [0.05, 0.1) is 0 Å². The Hall–Kier alpha value is -2.67. The Balaban J connectivity index is 1.69. The summed E-state index contributed by atoms with van der Waals surface area (Å²) in [5.74, 6) is 1.92. The third-order valence-electron chi connectivity index (χ3n) is 3.58. The minimum absolute atomic E-state index is 0.201. The van der Waals surface area contributed by atoms with Crippen molar-refractivity contribution < 1.29 is 14.3 Å². The Morgan fingerprint density at radius 2 is 2.04 bits per heavy atom. The number of hydrogen-bond acceptors (Lipinski definition) is 7. The number of oxazole rings is 1. The Kier molecular flexibility index (Phi) is 4.90. The average Bonchev–Trinajstić information content (AvgIpc) is 2.99. The van der Waals surface area contributed by atoms with Crippen LogP contribution in [0.25, 0.3) is 11.2 Å². The largest absolute Gasteiger partial charge is 0.491 e. The molecular weight excluding hydrogens is 308 g/mol. The quantitative estimate of drug-likeness (QED) is 0.711. The van der Waals surface area contributed by atoms with Gasteiger partial charge in [-0.3, -0.25) is 0 Å². The minimum atomic E-state index is -0.664. The van der Waals surface area contributed by atoms with Gasteiger partial charge in [-0.05, 0) is 19.1 Å². The van der Waals surface area contributed by atoms with Crippen LogP contribution < -0.4 is 9.64 Å². The SMILES string of the molecule is CCN(CC(O)COc1ccccc1)c1ncnc2oc(C)nc12. The number of aliphatic hydroxyl groups is 1. The topological polar surface area (TPSA) is 84.5 Å². The van der Waals surface area contributed by atoms with Crippen molar-refractivity contribution in [1.82, 2.24) is 15.0 Å². The zero-order chi connectivity index (χ0) is 16.9. The van der Waals surface area contributed by atoms with E-state index in [4.69, 9.17) is 9.15 Å². The second kappa shape index (κ2) is 7.27. The number of fused-ring (bicyclic) bond motifs is 1. The van der Waals surface area contributed by atoms with Crippen LogP contribution in [0.3, 0.4) is 0 Å². The molecule has 0 saturated heterocycles. The predicted molar refractivity (Wildman–Crippen MR) is 90.2 cm³/mol. The maximum atomic E-state index is 10.3. The standard InChI is InChI=1S/C17H20N4O3/c1-3-21(9-13(22)10-23-14-7-5-4-6-8-14)16-15-17(19-11-18-16)24-12(2)20-15/h4-8,11,13,22H,3,9-10H2,1-2H3. The summed E-state index contributed by atoms with van der Waals surface area (Å²) < 4.78 is 11.0. The van der Waals surface area contributed by atoms with Gasteiger partial charge in [-0.25, -0.2) is 9.97 Å². The van der Waals surface area contributed by atoms with E-state index in [0.717, 1.165) is 5.75 Å². The highest BCUT2D eigenvalue weighted by molar-refractivity contribution is 5.81. The number of aromatic nitrogens is 3. The molecule has 0 bridgehead atoms. The summed E-state index contributed by atoms with van der Waals surface area (Å²) in [6.45, 7) is 5.00. The summed E-state index contributed by atoms with van der Waals surface area (Å²) in [7, 11) is 0. The molecule has 0 fully saturated rings. The number of ether oxygens (including phenoxy) is 1. The Labute approximate surface area is 139 Å². The zero-order valence-electron chi connectivity index (χ0n) is 13.7. The Morgan fingerprint density at radius 3 is 2.79 bits per heavy atom. The van der Waals surface area contributed by atoms with Crippen LogP contribution in [-0.2, 0) is 0 Å². The second-order valence-corrected chi connectivity index (χ2v) is 5.40. The first-order valence-corrected chi connectivity index (χ1v) is 7.86. The van der Waals surface area contributed by atoms with Gasteiger partial charge >= 0.3 is 0 Å². The van der Waals surface area contributed by atoms with Crippen molar-refractivity contribution in [3.8, 4) is 5.75 Å². The van der Waals surface area contributed by atoms with E-state index in [-0.39, 0.29) is 6.61 Å². The number of nitrogens with zero attached hydrogens (tertiary/aromatic N) is 4. The van der Waals surface area contributed by atoms with Crippen LogP contribution in [0.1, 0.15) is 12.8 Å². The monoisotopic (exact) mass is 328 g/mol. The van der Waals surface area contributed by atoms with Gasteiger partial charge in [0.2, 0.25) is 0 Å². The summed E-state index contributed by atoms with van der Waals surface area (Å²) in [4.78, 5) is 14.7. The van der Waals surface area contributed by atoms with Crippen LogP contribution in [0, 0.1) is 6.92 Å². The van der Waals surface area contributed by atoms with Crippen molar-refractivity contribution in [2.24, 2.45) is 0 Å². The molecule has 24 heavy (non-hydrogen) atoms. The van der Waals surface area contributed by atoms with Crippen molar-refractivity contribution >= 4 is 17.0 Å². The van der Waals surface area contributed by atoms with Gasteiger partial charge in [-0.15, -0.1) is 0 Å². The molecule has 7 heteroatoms. The summed E-state index contributed by atoms with van der Waals surface area (Å²) in [5.41, 5.74) is 1.05. The maximum Gasteiger partial charge on any atom is 0.252 e. The fourth-order valence-corrected chi connectivity index (χ4v) is 2.46. The lowest BCUT2D eigenvalue weighted by Crippen LogP contribution is -2.36. The molecule has 0 aliphatic carbocycles. The van der Waals surface area contributed by atoms with Crippen molar-refractivity contribution in [3.63, 3.8) is 0 Å². The van der Waals surface area contributed by atoms with E-state index in [1.54, 1.807) is 6.92 Å². The number of aliphatic hydroxyl groups excluding tert-OH is 1. The first-order valence-electron chi connectivity index (χ1n) is 7.86. The summed E-state index contributed by atoms with van der Waals surface area (Å²) in [6.07, 6.45) is 0.779. The third-order valence-corrected chi connectivity index (χ3v) is 3.58. The van der Waals surface area contributed by atoms with Crippen molar-refractivity contribution in [3.05, 3.63) is 42.5 Å². The van der Waals surface area contributed by atoms with Gasteiger partial charge in [0, 0.05) is 20.0 Å². The van der Waals surface area contributed by atoms with E-state index in [1.165, 1.54) is 6.33 Å². The van der Waals surface area contributed by atoms with Gasteiger partial charge in [0.25, 0.3) is 5.71 Å². The number of hydrogen-bond donors (Lipinski definition) is 1. The number of likely N-dealkylation sites (N-methyl/N-ethyl adjacent to an activating group) is 1. The summed E-state index contributed by atoms with van der Waals surface area (Å²) >= 11 is 0. The molecule has 1 unspecified atom stereocenters. The lowest BCUT2D eigenvalue weighted by molar-refractivity contribution is 0.112. The number of para-hydroxylation sites is 1. The van der Waals surface area contributed by atoms with Crippen molar-refractivity contribution in [1.29, 1.82) is 0 Å². The first kappa shape index (κ1) is 16.2. The summed E-state index contributed by atoms with van der Waals surface area (Å²) in [6, 6.07) is 9.42. The van der Waals surface area contributed by atoms with Gasteiger partial charge in [-0.1, -0.05) is 18.2 Å². The Bertz CT molecular complexity index is 791. The lowest BCUT2D eigenvalue weighted by Gasteiger charge is -2.24. The molecule has 3 rings (SSSR count). The molecule has 7 nitrogen and oxygen atoms in total. The minimum Gasteiger partial charge on any atom is -0.491 e. The lowest BCUT2D eigenvalue weighted by atomic mass is 10.3. The van der Waals surface area contributed by atoms with Crippen molar-refractivity contribution in [2.45, 2.75) is 20.0 Å². The molecular formula is C17H20N4O3. The highest BCUT2D eigenvalue weighted by Gasteiger charge is 2.18. The third kappa shape index (κ3) is 3.62. The van der Waals surface area contributed by atoms with Gasteiger partial charge in [0.1, 0.15) is 24.8 Å². The first-order chi connectivity index (χ1) is 11.7. The zero-order valence-corrected chi connectivity index (χ0v) is 13.7. The molecule has 1 aromatic carbocycles. The van der Waals surface area contributed by atoms with Gasteiger partial charge < -0.3 is 19.2 Å². The summed E-state index contributed by atoms with van der Waals surface area (Å²) in [5, 5.41) is 10.3. The smallest absolute Gasteiger partial charge is 0.252 e. The normalized spacial score (nSPS) is 12.3. The molecule has 0 radical (unpaired) electrons. The molecule has 0 spiro atoms. The van der Waals surface area contributed by atoms with Crippen LogP contribution in [0.4, 0.5) is 5.82 Å². The highest BCUT2D eigenvalue weighted by Crippen LogP contribution is 2.22. The molecule has 0 aliphatic heterocycles. The van der Waals surface area contributed by atoms with Crippen LogP contribution in [0.2, 0.25) is 0 Å². The molecule has 0 saturated carbocycles. The average molecular weight is 328 g/mol. The fourth-order valence-electron chi connectivity index (χ4n) is 2.46. The van der Waals surface area contributed by atoms with E-state index in [2.05, 4.69) is 15.0 Å². The predicted octanol–water partition coefficient (Wildman–Crippen LogP) is 2.19. The van der Waals surface area contributed by atoms with E-state index in [9.17, 15) is 5.11 Å². The second-order valence-electron chi connectivity index (χ2n) is 5.40. The maximum absolute atomic E-state index is 10.3. The number of aryl methyl sites for hydroxylation is 1. The van der Waals surface area contributed by atoms with Crippen LogP contribution in [-0.4, -0.2) is 45.9 Å². The Morgan fingerprint density at radius 1 is 1.25 bits per heavy atom. The highest BCUT2D eigenvalue weighted by atomic mass is 16.5. The van der Waals surface area contributed by atoms with Crippen LogP contribution >= 0.6 is 0 Å². The van der Waals surface area contributed by atoms with E-state index in [1.807, 2.05) is 42.2 Å².